The molecule has 1 rings (SSSR count). The lowest BCUT2D eigenvalue weighted by atomic mass is 10.1. The third kappa shape index (κ3) is 3.61. The standard InChI is InChI=1S/C12H17BrN2O/c1-3-11(12(14)16)15-8(2)9-4-6-10(13)7-5-9/h4-8,11,15H,3H2,1-2H3,(H2,14,16)/t8-,11?/m0/s1. The van der Waals surface area contributed by atoms with Gasteiger partial charge in [-0.2, -0.15) is 0 Å². The minimum absolute atomic E-state index is 0.116. The van der Waals surface area contributed by atoms with Crippen LogP contribution in [0, 0.1) is 0 Å². The molecule has 0 aromatic heterocycles. The van der Waals surface area contributed by atoms with Crippen LogP contribution in [-0.2, 0) is 4.79 Å². The molecule has 0 bridgehead atoms. The molecule has 88 valence electrons. The van der Waals surface area contributed by atoms with E-state index in [2.05, 4.69) is 21.2 Å². The molecule has 0 aliphatic carbocycles. The van der Waals surface area contributed by atoms with Gasteiger partial charge in [0.25, 0.3) is 0 Å². The van der Waals surface area contributed by atoms with Crippen LogP contribution in [0.4, 0.5) is 0 Å². The summed E-state index contributed by atoms with van der Waals surface area (Å²) >= 11 is 3.39. The Morgan fingerprint density at radius 1 is 1.44 bits per heavy atom. The molecular formula is C12H17BrN2O. The Balaban J connectivity index is 2.67. The van der Waals surface area contributed by atoms with E-state index in [1.54, 1.807) is 0 Å². The van der Waals surface area contributed by atoms with Gasteiger partial charge in [-0.25, -0.2) is 0 Å². The second-order valence-electron chi connectivity index (χ2n) is 3.80. The highest BCUT2D eigenvalue weighted by molar-refractivity contribution is 9.10. The lowest BCUT2D eigenvalue weighted by molar-refractivity contribution is -0.120. The number of benzene rings is 1. The predicted octanol–water partition coefficient (Wildman–Crippen LogP) is 2.36. The van der Waals surface area contributed by atoms with Crippen molar-refractivity contribution >= 4 is 21.8 Å². The van der Waals surface area contributed by atoms with Gasteiger partial charge in [0, 0.05) is 10.5 Å². The van der Waals surface area contributed by atoms with Crippen LogP contribution in [0.1, 0.15) is 31.9 Å². The number of hydrogen-bond acceptors (Lipinski definition) is 2. The molecule has 2 atom stereocenters. The lowest BCUT2D eigenvalue weighted by Gasteiger charge is -2.20. The van der Waals surface area contributed by atoms with Crippen molar-refractivity contribution in [1.29, 1.82) is 0 Å². The van der Waals surface area contributed by atoms with E-state index in [0.717, 1.165) is 10.0 Å². The Bertz CT molecular complexity index is 351. The van der Waals surface area contributed by atoms with Gasteiger partial charge < -0.3 is 5.73 Å². The van der Waals surface area contributed by atoms with Crippen LogP contribution >= 0.6 is 15.9 Å². The molecule has 4 heteroatoms. The molecule has 0 heterocycles. The molecule has 16 heavy (non-hydrogen) atoms. The van der Waals surface area contributed by atoms with E-state index in [4.69, 9.17) is 5.73 Å². The van der Waals surface area contributed by atoms with E-state index in [9.17, 15) is 4.79 Å². The van der Waals surface area contributed by atoms with E-state index in [0.29, 0.717) is 6.42 Å². The van der Waals surface area contributed by atoms with Gasteiger partial charge in [0.15, 0.2) is 0 Å². The molecule has 3 nitrogen and oxygen atoms in total. The third-order valence-electron chi connectivity index (χ3n) is 2.57. The van der Waals surface area contributed by atoms with Gasteiger partial charge in [-0.3, -0.25) is 10.1 Å². The summed E-state index contributed by atoms with van der Waals surface area (Å²) in [6.07, 6.45) is 0.705. The van der Waals surface area contributed by atoms with Crippen molar-refractivity contribution in [2.75, 3.05) is 0 Å². The summed E-state index contributed by atoms with van der Waals surface area (Å²) in [6, 6.07) is 7.87. The summed E-state index contributed by atoms with van der Waals surface area (Å²) in [6.45, 7) is 3.96. The number of carbonyl (C=O) groups excluding carboxylic acids is 1. The fraction of sp³-hybridized carbons (Fsp3) is 0.417. The molecule has 0 radical (unpaired) electrons. The zero-order chi connectivity index (χ0) is 12.1. The number of rotatable bonds is 5. The SMILES string of the molecule is CCC(N[C@@H](C)c1ccc(Br)cc1)C(N)=O. The molecule has 1 amide bonds. The van der Waals surface area contributed by atoms with E-state index >= 15 is 0 Å². The largest absolute Gasteiger partial charge is 0.368 e. The van der Waals surface area contributed by atoms with Crippen LogP contribution in [0.5, 0.6) is 0 Å². The smallest absolute Gasteiger partial charge is 0.234 e. The van der Waals surface area contributed by atoms with Gasteiger partial charge in [0.1, 0.15) is 0 Å². The van der Waals surface area contributed by atoms with E-state index in [-0.39, 0.29) is 18.0 Å². The topological polar surface area (TPSA) is 55.1 Å². The lowest BCUT2D eigenvalue weighted by Crippen LogP contribution is -2.41. The van der Waals surface area contributed by atoms with Gasteiger partial charge in [-0.15, -0.1) is 0 Å². The highest BCUT2D eigenvalue weighted by atomic mass is 79.9. The van der Waals surface area contributed by atoms with Gasteiger partial charge in [0.05, 0.1) is 6.04 Å². The van der Waals surface area contributed by atoms with Crippen LogP contribution in [-0.4, -0.2) is 11.9 Å². The molecular weight excluding hydrogens is 268 g/mol. The van der Waals surface area contributed by atoms with Crippen LogP contribution in [0.15, 0.2) is 28.7 Å². The highest BCUT2D eigenvalue weighted by Gasteiger charge is 2.16. The van der Waals surface area contributed by atoms with Crippen molar-refractivity contribution < 1.29 is 4.79 Å². The quantitative estimate of drug-likeness (QED) is 0.872. The second kappa shape index (κ2) is 6.01. The minimum Gasteiger partial charge on any atom is -0.368 e. The molecule has 0 spiro atoms. The number of carbonyl (C=O) groups is 1. The monoisotopic (exact) mass is 284 g/mol. The van der Waals surface area contributed by atoms with Gasteiger partial charge >= 0.3 is 0 Å². The first kappa shape index (κ1) is 13.2. The van der Waals surface area contributed by atoms with Crippen LogP contribution in [0.3, 0.4) is 0 Å². The second-order valence-corrected chi connectivity index (χ2v) is 4.72. The normalized spacial score (nSPS) is 14.4. The molecule has 0 saturated heterocycles. The fourth-order valence-electron chi connectivity index (χ4n) is 1.55. The fourth-order valence-corrected chi connectivity index (χ4v) is 1.81. The molecule has 0 fully saturated rings. The molecule has 3 N–H and O–H groups in total. The van der Waals surface area contributed by atoms with Crippen LogP contribution in [0.2, 0.25) is 0 Å². The number of hydrogen-bond donors (Lipinski definition) is 2. The zero-order valence-corrected chi connectivity index (χ0v) is 11.1. The van der Waals surface area contributed by atoms with Crippen molar-refractivity contribution in [3.05, 3.63) is 34.3 Å². The summed E-state index contributed by atoms with van der Waals surface area (Å²) in [5, 5.41) is 3.21. The van der Waals surface area contributed by atoms with Crippen molar-refractivity contribution in [3.63, 3.8) is 0 Å². The maximum Gasteiger partial charge on any atom is 0.234 e. The minimum atomic E-state index is -0.300. The van der Waals surface area contributed by atoms with E-state index in [1.165, 1.54) is 0 Å². The average molecular weight is 285 g/mol. The maximum absolute atomic E-state index is 11.1. The number of halogens is 1. The molecule has 1 aromatic rings. The Morgan fingerprint density at radius 2 is 2.00 bits per heavy atom. The van der Waals surface area contributed by atoms with Crippen LogP contribution < -0.4 is 11.1 Å². The van der Waals surface area contributed by atoms with Crippen molar-refractivity contribution in [1.82, 2.24) is 5.32 Å². The number of nitrogens with one attached hydrogen (secondary N) is 1. The summed E-state index contributed by atoms with van der Waals surface area (Å²) < 4.78 is 1.05. The summed E-state index contributed by atoms with van der Waals surface area (Å²) in [5.74, 6) is -0.300. The van der Waals surface area contributed by atoms with Gasteiger partial charge in [-0.05, 0) is 31.0 Å². The van der Waals surface area contributed by atoms with Crippen LogP contribution in [0.25, 0.3) is 0 Å². The number of amides is 1. The van der Waals surface area contributed by atoms with Gasteiger partial charge in [-0.1, -0.05) is 35.0 Å². The first-order valence-electron chi connectivity index (χ1n) is 5.35. The molecule has 0 aliphatic heterocycles. The Hall–Kier alpha value is -0.870. The Labute approximate surface area is 105 Å². The van der Waals surface area contributed by atoms with Crippen molar-refractivity contribution in [2.24, 2.45) is 5.73 Å². The van der Waals surface area contributed by atoms with Crippen molar-refractivity contribution in [2.45, 2.75) is 32.4 Å². The predicted molar refractivity (Wildman–Crippen MR) is 69.0 cm³/mol. The van der Waals surface area contributed by atoms with E-state index in [1.807, 2.05) is 38.1 Å². The molecule has 1 unspecified atom stereocenters. The first-order chi connectivity index (χ1) is 7.54. The summed E-state index contributed by atoms with van der Waals surface area (Å²) in [5.41, 5.74) is 6.43. The maximum atomic E-state index is 11.1. The average Bonchev–Trinajstić information content (AvgIpc) is 2.26. The molecule has 0 saturated carbocycles. The van der Waals surface area contributed by atoms with Crippen molar-refractivity contribution in [3.8, 4) is 0 Å². The Kier molecular flexibility index (Phi) is 4.96. The molecule has 1 aromatic carbocycles. The number of nitrogens with two attached hydrogens (primary N) is 1. The summed E-state index contributed by atoms with van der Waals surface area (Å²) in [7, 11) is 0. The van der Waals surface area contributed by atoms with E-state index < -0.39 is 0 Å². The summed E-state index contributed by atoms with van der Waals surface area (Å²) in [4.78, 5) is 11.1. The van der Waals surface area contributed by atoms with Gasteiger partial charge in [0.2, 0.25) is 5.91 Å². The molecule has 0 aliphatic rings. The third-order valence-corrected chi connectivity index (χ3v) is 3.10. The number of primary amides is 1. The Morgan fingerprint density at radius 3 is 2.44 bits per heavy atom. The highest BCUT2D eigenvalue weighted by Crippen LogP contribution is 2.17. The zero-order valence-electron chi connectivity index (χ0n) is 9.53. The first-order valence-corrected chi connectivity index (χ1v) is 6.14.